The summed E-state index contributed by atoms with van der Waals surface area (Å²) in [5.41, 5.74) is 0. The highest BCUT2D eigenvalue weighted by Gasteiger charge is 2.33. The van der Waals surface area contributed by atoms with Crippen molar-refractivity contribution in [3.8, 4) is 5.75 Å². The number of halogens is 1. The molecule has 7 nitrogen and oxygen atoms in total. The first-order valence-electron chi connectivity index (χ1n) is 8.99. The number of hydrogen-bond acceptors (Lipinski definition) is 6. The summed E-state index contributed by atoms with van der Waals surface area (Å²) in [6.45, 7) is 1.78. The minimum Gasteiger partial charge on any atom is -0.494 e. The fourth-order valence-corrected chi connectivity index (χ4v) is 5.52. The molecule has 0 aliphatic heterocycles. The van der Waals surface area contributed by atoms with E-state index in [1.165, 1.54) is 42.7 Å². The van der Waals surface area contributed by atoms with Crippen LogP contribution in [0.5, 0.6) is 5.75 Å². The molecule has 3 aromatic rings. The van der Waals surface area contributed by atoms with Gasteiger partial charge in [-0.1, -0.05) is 0 Å². The van der Waals surface area contributed by atoms with Crippen molar-refractivity contribution in [1.82, 2.24) is 4.72 Å². The number of hydrogen-bond donors (Lipinski definition) is 1. The highest BCUT2D eigenvalue weighted by atomic mass is 32.2. The van der Waals surface area contributed by atoms with Crippen molar-refractivity contribution >= 4 is 19.9 Å². The Morgan fingerprint density at radius 1 is 0.967 bits per heavy atom. The zero-order valence-corrected chi connectivity index (χ0v) is 17.6. The molecule has 1 atom stereocenters. The summed E-state index contributed by atoms with van der Waals surface area (Å²) in [4.78, 5) is -0.186. The van der Waals surface area contributed by atoms with Gasteiger partial charge in [0.25, 0.3) is 0 Å². The molecule has 0 saturated heterocycles. The third-order valence-corrected chi connectivity index (χ3v) is 7.80. The third kappa shape index (κ3) is 4.89. The van der Waals surface area contributed by atoms with Crippen LogP contribution in [0.2, 0.25) is 0 Å². The van der Waals surface area contributed by atoms with Gasteiger partial charge in [-0.05, 0) is 67.6 Å². The highest BCUT2D eigenvalue weighted by molar-refractivity contribution is 7.92. The van der Waals surface area contributed by atoms with E-state index < -0.39 is 37.5 Å². The average Bonchev–Trinajstić information content (AvgIpc) is 3.23. The lowest BCUT2D eigenvalue weighted by Gasteiger charge is -2.17. The smallest absolute Gasteiger partial charge is 0.240 e. The quantitative estimate of drug-likeness (QED) is 0.499. The van der Waals surface area contributed by atoms with Gasteiger partial charge in [0, 0.05) is 6.54 Å². The fourth-order valence-electron chi connectivity index (χ4n) is 2.78. The third-order valence-electron chi connectivity index (χ3n) is 4.28. The molecule has 30 heavy (non-hydrogen) atoms. The van der Waals surface area contributed by atoms with Gasteiger partial charge in [-0.3, -0.25) is 0 Å². The van der Waals surface area contributed by atoms with Gasteiger partial charge in [0.2, 0.25) is 10.0 Å². The van der Waals surface area contributed by atoms with Gasteiger partial charge in [-0.15, -0.1) is 0 Å². The zero-order valence-electron chi connectivity index (χ0n) is 16.0. The van der Waals surface area contributed by atoms with Crippen molar-refractivity contribution in [3.63, 3.8) is 0 Å². The maximum absolute atomic E-state index is 13.2. The number of sulfone groups is 1. The SMILES string of the molecule is CCOc1ccc(S(=O)(=O)NC[C@H](c2ccco2)S(=O)(=O)c2ccc(F)cc2)cc1. The summed E-state index contributed by atoms with van der Waals surface area (Å²) in [6, 6.07) is 13.0. The molecule has 1 heterocycles. The summed E-state index contributed by atoms with van der Waals surface area (Å²) in [5.74, 6) is -0.00257. The topological polar surface area (TPSA) is 103 Å². The Morgan fingerprint density at radius 2 is 1.60 bits per heavy atom. The predicted molar refractivity (Wildman–Crippen MR) is 108 cm³/mol. The summed E-state index contributed by atoms with van der Waals surface area (Å²) in [6.07, 6.45) is 1.30. The van der Waals surface area contributed by atoms with Gasteiger partial charge in [-0.25, -0.2) is 25.9 Å². The molecule has 3 rings (SSSR count). The van der Waals surface area contributed by atoms with E-state index in [0.717, 1.165) is 24.3 Å². The fraction of sp³-hybridized carbons (Fsp3) is 0.200. The van der Waals surface area contributed by atoms with Crippen molar-refractivity contribution < 1.29 is 30.4 Å². The molecular formula is C20H20FNO6S2. The van der Waals surface area contributed by atoms with Gasteiger partial charge in [0.05, 0.1) is 22.7 Å². The predicted octanol–water partition coefficient (Wildman–Crippen LogP) is 3.31. The van der Waals surface area contributed by atoms with Gasteiger partial charge >= 0.3 is 0 Å². The van der Waals surface area contributed by atoms with E-state index in [2.05, 4.69) is 4.72 Å². The molecule has 0 fully saturated rings. The minimum atomic E-state index is -4.07. The molecular weight excluding hydrogens is 433 g/mol. The Kier molecular flexibility index (Phi) is 6.59. The van der Waals surface area contributed by atoms with Gasteiger partial charge in [-0.2, -0.15) is 0 Å². The van der Waals surface area contributed by atoms with E-state index in [0.29, 0.717) is 12.4 Å². The van der Waals surface area contributed by atoms with Crippen LogP contribution in [-0.2, 0) is 19.9 Å². The highest BCUT2D eigenvalue weighted by Crippen LogP contribution is 2.29. The van der Waals surface area contributed by atoms with E-state index in [9.17, 15) is 21.2 Å². The molecule has 0 radical (unpaired) electrons. The van der Waals surface area contributed by atoms with E-state index in [1.807, 2.05) is 6.92 Å². The van der Waals surface area contributed by atoms with Crippen molar-refractivity contribution in [3.05, 3.63) is 78.5 Å². The van der Waals surface area contributed by atoms with E-state index in [1.54, 1.807) is 0 Å². The molecule has 0 bridgehead atoms. The van der Waals surface area contributed by atoms with Crippen LogP contribution in [0.25, 0.3) is 0 Å². The molecule has 0 aliphatic rings. The molecule has 0 spiro atoms. The zero-order chi connectivity index (χ0) is 21.8. The number of benzene rings is 2. The molecule has 160 valence electrons. The Balaban J connectivity index is 1.86. The van der Waals surface area contributed by atoms with Gasteiger partial charge in [0.15, 0.2) is 9.84 Å². The maximum atomic E-state index is 13.2. The Labute approximate surface area is 174 Å². The molecule has 0 saturated carbocycles. The van der Waals surface area contributed by atoms with Crippen molar-refractivity contribution in [2.75, 3.05) is 13.2 Å². The molecule has 2 aromatic carbocycles. The van der Waals surface area contributed by atoms with Crippen molar-refractivity contribution in [1.29, 1.82) is 0 Å². The molecule has 0 aliphatic carbocycles. The lowest BCUT2D eigenvalue weighted by atomic mass is 10.3. The standard InChI is InChI=1S/C20H20FNO6S2/c1-2-27-16-7-11-18(12-8-16)30(25,26)22-14-20(19-4-3-13-28-19)29(23,24)17-9-5-15(21)6-10-17/h3-13,20,22H,2,14H2,1H3/t20-/m1/s1. The molecule has 0 unspecified atom stereocenters. The number of furan rings is 1. The van der Waals surface area contributed by atoms with Crippen LogP contribution in [0, 0.1) is 5.82 Å². The normalized spacial score (nSPS) is 13.1. The maximum Gasteiger partial charge on any atom is 0.240 e. The Bertz CT molecular complexity index is 1170. The van der Waals surface area contributed by atoms with Crippen molar-refractivity contribution in [2.45, 2.75) is 22.0 Å². The van der Waals surface area contributed by atoms with Crippen LogP contribution in [0.4, 0.5) is 4.39 Å². The molecule has 1 N–H and O–H groups in total. The number of sulfonamides is 1. The van der Waals surface area contributed by atoms with Crippen LogP contribution >= 0.6 is 0 Å². The number of ether oxygens (including phenoxy) is 1. The van der Waals surface area contributed by atoms with Crippen LogP contribution in [0.3, 0.4) is 0 Å². The Hall–Kier alpha value is -2.69. The molecule has 0 amide bonds. The lowest BCUT2D eigenvalue weighted by molar-refractivity contribution is 0.340. The van der Waals surface area contributed by atoms with Crippen LogP contribution in [0.15, 0.2) is 81.1 Å². The monoisotopic (exact) mass is 453 g/mol. The number of rotatable bonds is 9. The second kappa shape index (κ2) is 8.99. The van der Waals surface area contributed by atoms with Crippen LogP contribution < -0.4 is 9.46 Å². The molecule has 1 aromatic heterocycles. The summed E-state index contributed by atoms with van der Waals surface area (Å²) >= 11 is 0. The summed E-state index contributed by atoms with van der Waals surface area (Å²) < 4.78 is 77.5. The minimum absolute atomic E-state index is 0.0386. The largest absolute Gasteiger partial charge is 0.494 e. The molecule has 10 heteroatoms. The average molecular weight is 454 g/mol. The second-order valence-electron chi connectivity index (χ2n) is 6.26. The summed E-state index contributed by atoms with van der Waals surface area (Å²) in [7, 11) is -8.07. The second-order valence-corrected chi connectivity index (χ2v) is 10.2. The van der Waals surface area contributed by atoms with Gasteiger partial charge < -0.3 is 9.15 Å². The number of nitrogens with one attached hydrogen (secondary N) is 1. The first-order chi connectivity index (χ1) is 14.2. The van der Waals surface area contributed by atoms with E-state index in [4.69, 9.17) is 9.15 Å². The van der Waals surface area contributed by atoms with E-state index in [-0.39, 0.29) is 15.6 Å². The summed E-state index contributed by atoms with van der Waals surface area (Å²) in [5, 5.41) is -1.34. The van der Waals surface area contributed by atoms with E-state index >= 15 is 0 Å². The lowest BCUT2D eigenvalue weighted by Crippen LogP contribution is -2.31. The van der Waals surface area contributed by atoms with Crippen molar-refractivity contribution in [2.24, 2.45) is 0 Å². The first kappa shape index (κ1) is 22.0. The first-order valence-corrected chi connectivity index (χ1v) is 12.0. The van der Waals surface area contributed by atoms with Crippen LogP contribution in [-0.4, -0.2) is 30.0 Å². The Morgan fingerprint density at radius 3 is 2.17 bits per heavy atom. The van der Waals surface area contributed by atoms with Gasteiger partial charge in [0.1, 0.15) is 22.6 Å². The van der Waals surface area contributed by atoms with Crippen LogP contribution in [0.1, 0.15) is 17.9 Å².